The number of hydrogen-bond acceptors (Lipinski definition) is 3. The molecule has 0 aliphatic heterocycles. The number of nitrogens with zero attached hydrogens (tertiary/aromatic N) is 1. The molecule has 0 amide bonds. The van der Waals surface area contributed by atoms with Crippen LogP contribution in [-0.2, 0) is 5.41 Å². The summed E-state index contributed by atoms with van der Waals surface area (Å²) in [6, 6.07) is 5.50. The molecule has 0 aromatic heterocycles. The van der Waals surface area contributed by atoms with Crippen molar-refractivity contribution in [2.24, 2.45) is 0 Å². The first-order valence-electron chi connectivity index (χ1n) is 6.67. The lowest BCUT2D eigenvalue weighted by atomic mass is 9.86. The predicted octanol–water partition coefficient (Wildman–Crippen LogP) is 4.09. The summed E-state index contributed by atoms with van der Waals surface area (Å²) in [4.78, 5) is 0. The third-order valence-electron chi connectivity index (χ3n) is 3.34. The van der Waals surface area contributed by atoms with E-state index in [4.69, 9.17) is 10.4 Å². The van der Waals surface area contributed by atoms with E-state index in [-0.39, 0.29) is 11.0 Å². The van der Waals surface area contributed by atoms with E-state index < -0.39 is 30.3 Å². The van der Waals surface area contributed by atoms with Crippen LogP contribution in [0.25, 0.3) is 0 Å². The van der Waals surface area contributed by atoms with Crippen molar-refractivity contribution >= 4 is 0 Å². The van der Waals surface area contributed by atoms with E-state index in [1.807, 2.05) is 20.8 Å². The lowest BCUT2D eigenvalue weighted by molar-refractivity contribution is -0.373. The molecule has 0 aliphatic carbocycles. The van der Waals surface area contributed by atoms with E-state index in [1.165, 1.54) is 12.1 Å². The largest absolute Gasteiger partial charge is 0.488 e. The fourth-order valence-electron chi connectivity index (χ4n) is 1.72. The first-order valence-corrected chi connectivity index (χ1v) is 6.67. The zero-order chi connectivity index (χ0) is 19.0. The molecule has 134 valence electrons. The standard InChI is InChI=1S/C15H15F6NO2/c1-12(2,3)10-4-5-11(9(6-10)7-22)24-8-13(23,14(16,17)18)15(19,20)21/h4-6,23H,8H2,1-3H3. The number of benzene rings is 1. The average molecular weight is 355 g/mol. The topological polar surface area (TPSA) is 53.2 Å². The molecule has 0 unspecified atom stereocenters. The van der Waals surface area contributed by atoms with Crippen LogP contribution in [0, 0.1) is 11.3 Å². The number of hydrogen-bond donors (Lipinski definition) is 1. The van der Waals surface area contributed by atoms with Gasteiger partial charge in [-0.2, -0.15) is 31.6 Å². The molecule has 9 heteroatoms. The lowest BCUT2D eigenvalue weighted by Crippen LogP contribution is -2.60. The highest BCUT2D eigenvalue weighted by molar-refractivity contribution is 5.47. The minimum Gasteiger partial charge on any atom is -0.488 e. The fourth-order valence-corrected chi connectivity index (χ4v) is 1.72. The molecule has 1 aromatic carbocycles. The Labute approximate surface area is 134 Å². The Morgan fingerprint density at radius 1 is 1.04 bits per heavy atom. The van der Waals surface area contributed by atoms with Crippen molar-refractivity contribution in [2.45, 2.75) is 44.1 Å². The summed E-state index contributed by atoms with van der Waals surface area (Å²) < 4.78 is 80.0. The van der Waals surface area contributed by atoms with Crippen molar-refractivity contribution in [1.29, 1.82) is 5.26 Å². The lowest BCUT2D eigenvalue weighted by Gasteiger charge is -2.32. The second-order valence-corrected chi connectivity index (χ2v) is 6.22. The van der Waals surface area contributed by atoms with Crippen molar-refractivity contribution < 1.29 is 36.2 Å². The maximum atomic E-state index is 12.6. The van der Waals surface area contributed by atoms with Crippen LogP contribution in [0.15, 0.2) is 18.2 Å². The highest BCUT2D eigenvalue weighted by Gasteiger charge is 2.71. The monoisotopic (exact) mass is 355 g/mol. The van der Waals surface area contributed by atoms with Gasteiger partial charge in [0.05, 0.1) is 5.56 Å². The molecular weight excluding hydrogens is 340 g/mol. The molecule has 0 heterocycles. The van der Waals surface area contributed by atoms with Gasteiger partial charge < -0.3 is 9.84 Å². The average Bonchev–Trinajstić information content (AvgIpc) is 2.40. The number of nitriles is 1. The Balaban J connectivity index is 3.16. The van der Waals surface area contributed by atoms with Gasteiger partial charge in [0.25, 0.3) is 5.60 Å². The molecule has 0 radical (unpaired) electrons. The number of ether oxygens (including phenoxy) is 1. The second kappa shape index (κ2) is 6.16. The summed E-state index contributed by atoms with van der Waals surface area (Å²) in [5, 5.41) is 18.1. The molecule has 0 saturated carbocycles. The Morgan fingerprint density at radius 2 is 1.54 bits per heavy atom. The molecule has 1 N–H and O–H groups in total. The zero-order valence-corrected chi connectivity index (χ0v) is 13.0. The van der Waals surface area contributed by atoms with Crippen LogP contribution in [0.1, 0.15) is 31.9 Å². The molecule has 0 aliphatic rings. The van der Waals surface area contributed by atoms with Gasteiger partial charge in [-0.25, -0.2) is 0 Å². The van der Waals surface area contributed by atoms with E-state index >= 15 is 0 Å². The molecule has 0 fully saturated rings. The number of rotatable bonds is 3. The molecule has 0 bridgehead atoms. The van der Waals surface area contributed by atoms with Gasteiger partial charge >= 0.3 is 12.4 Å². The summed E-state index contributed by atoms with van der Waals surface area (Å²) in [5.74, 6) is -0.475. The van der Waals surface area contributed by atoms with Gasteiger partial charge in [-0.1, -0.05) is 26.8 Å². The van der Waals surface area contributed by atoms with Gasteiger partial charge in [0.15, 0.2) is 0 Å². The summed E-state index contributed by atoms with van der Waals surface area (Å²) in [7, 11) is 0. The number of alkyl halides is 6. The van der Waals surface area contributed by atoms with Gasteiger partial charge in [0.1, 0.15) is 18.4 Å². The highest BCUT2D eigenvalue weighted by Crippen LogP contribution is 2.43. The quantitative estimate of drug-likeness (QED) is 0.831. The SMILES string of the molecule is CC(C)(C)c1ccc(OCC(O)(C(F)(F)F)C(F)(F)F)c(C#N)c1. The van der Waals surface area contributed by atoms with Crippen molar-refractivity contribution in [3.05, 3.63) is 29.3 Å². The van der Waals surface area contributed by atoms with Crippen LogP contribution < -0.4 is 4.74 Å². The van der Waals surface area contributed by atoms with Crippen molar-refractivity contribution in [1.82, 2.24) is 0 Å². The summed E-state index contributed by atoms with van der Waals surface area (Å²) >= 11 is 0. The first kappa shape index (κ1) is 20.1. The second-order valence-electron chi connectivity index (χ2n) is 6.22. The minimum atomic E-state index is -5.98. The normalized spacial score (nSPS) is 13.5. The van der Waals surface area contributed by atoms with E-state index in [0.29, 0.717) is 5.56 Å². The first-order chi connectivity index (χ1) is 10.6. The molecule has 1 aromatic rings. The number of halogens is 6. The summed E-state index contributed by atoms with van der Waals surface area (Å²) in [5.41, 5.74) is -5.00. The van der Waals surface area contributed by atoms with Crippen molar-refractivity contribution in [2.75, 3.05) is 6.61 Å². The fraction of sp³-hybridized carbons (Fsp3) is 0.533. The van der Waals surface area contributed by atoms with Crippen molar-refractivity contribution in [3.63, 3.8) is 0 Å². The van der Waals surface area contributed by atoms with Gasteiger partial charge in [-0.15, -0.1) is 0 Å². The molecule has 0 atom stereocenters. The maximum absolute atomic E-state index is 12.6. The summed E-state index contributed by atoms with van der Waals surface area (Å²) in [6.45, 7) is 3.34. The predicted molar refractivity (Wildman–Crippen MR) is 72.4 cm³/mol. The highest BCUT2D eigenvalue weighted by atomic mass is 19.4. The van der Waals surface area contributed by atoms with Crippen LogP contribution in [0.4, 0.5) is 26.3 Å². The summed E-state index contributed by atoms with van der Waals surface area (Å²) in [6.07, 6.45) is -12.0. The van der Waals surface area contributed by atoms with Crippen LogP contribution in [0.5, 0.6) is 5.75 Å². The minimum absolute atomic E-state index is 0.228. The molecule has 24 heavy (non-hydrogen) atoms. The Hall–Kier alpha value is -1.95. The third-order valence-corrected chi connectivity index (χ3v) is 3.34. The van der Waals surface area contributed by atoms with E-state index in [1.54, 1.807) is 6.07 Å². The maximum Gasteiger partial charge on any atom is 0.429 e. The smallest absolute Gasteiger partial charge is 0.429 e. The van der Waals surface area contributed by atoms with E-state index in [2.05, 4.69) is 4.74 Å². The van der Waals surface area contributed by atoms with Crippen LogP contribution in [-0.4, -0.2) is 29.7 Å². The van der Waals surface area contributed by atoms with Gasteiger partial charge in [-0.05, 0) is 23.1 Å². The van der Waals surface area contributed by atoms with Gasteiger partial charge in [0, 0.05) is 0 Å². The molecule has 3 nitrogen and oxygen atoms in total. The molecule has 0 spiro atoms. The third kappa shape index (κ3) is 3.93. The van der Waals surface area contributed by atoms with Crippen LogP contribution in [0.2, 0.25) is 0 Å². The Kier molecular flexibility index (Phi) is 5.16. The van der Waals surface area contributed by atoms with Crippen LogP contribution in [0.3, 0.4) is 0 Å². The van der Waals surface area contributed by atoms with Gasteiger partial charge in [-0.3, -0.25) is 0 Å². The van der Waals surface area contributed by atoms with E-state index in [0.717, 1.165) is 6.07 Å². The van der Waals surface area contributed by atoms with Crippen LogP contribution >= 0.6 is 0 Å². The molecular formula is C15H15F6NO2. The zero-order valence-electron chi connectivity index (χ0n) is 13.0. The molecule has 0 saturated heterocycles. The van der Waals surface area contributed by atoms with Crippen molar-refractivity contribution in [3.8, 4) is 11.8 Å². The Bertz CT molecular complexity index is 623. The van der Waals surface area contributed by atoms with E-state index in [9.17, 15) is 26.3 Å². The Morgan fingerprint density at radius 3 is 1.92 bits per heavy atom. The number of aliphatic hydroxyl groups is 1. The van der Waals surface area contributed by atoms with Gasteiger partial charge in [0.2, 0.25) is 0 Å². The molecule has 1 rings (SSSR count).